The molecule has 2 aliphatic heterocycles. The fraction of sp³-hybridized carbons (Fsp3) is 0.316. The molecule has 0 aliphatic carbocycles. The Morgan fingerprint density at radius 1 is 1.37 bits per heavy atom. The third-order valence-electron chi connectivity index (χ3n) is 4.76. The molecule has 1 aromatic carbocycles. The number of anilines is 2. The van der Waals surface area contributed by atoms with Crippen LogP contribution in [0.4, 0.5) is 15.8 Å². The minimum atomic E-state index is -0.345. The number of hydrogen-bond donors (Lipinski definition) is 0. The molecule has 27 heavy (non-hydrogen) atoms. The van der Waals surface area contributed by atoms with Crippen molar-refractivity contribution in [3.8, 4) is 0 Å². The van der Waals surface area contributed by atoms with E-state index in [0.717, 1.165) is 11.3 Å². The standard InChI is InChI=1S/C19H20FN5O2/c1-13-9-19(23-6-3-15(26)4-7-23)17(20)10-18(13)25-12-16(27-14(25)2)11-24-8-5-21-22-24/h3,5-6,8-10,16H,2,4,7,11-12H2,1H3. The summed E-state index contributed by atoms with van der Waals surface area (Å²) < 4.78 is 22.3. The highest BCUT2D eigenvalue weighted by molar-refractivity contribution is 5.91. The first-order chi connectivity index (χ1) is 13.0. The predicted molar refractivity (Wildman–Crippen MR) is 98.6 cm³/mol. The Kier molecular flexibility index (Phi) is 4.39. The molecule has 0 amide bonds. The van der Waals surface area contributed by atoms with E-state index in [0.29, 0.717) is 37.6 Å². The summed E-state index contributed by atoms with van der Waals surface area (Å²) in [5.41, 5.74) is 2.09. The predicted octanol–water partition coefficient (Wildman–Crippen LogP) is 2.40. The first kappa shape index (κ1) is 17.3. The third kappa shape index (κ3) is 3.42. The maximum Gasteiger partial charge on any atom is 0.186 e. The van der Waals surface area contributed by atoms with E-state index in [2.05, 4.69) is 16.9 Å². The lowest BCUT2D eigenvalue weighted by Crippen LogP contribution is -2.26. The summed E-state index contributed by atoms with van der Waals surface area (Å²) in [4.78, 5) is 15.0. The Morgan fingerprint density at radius 3 is 2.93 bits per heavy atom. The first-order valence-electron chi connectivity index (χ1n) is 8.76. The van der Waals surface area contributed by atoms with Crippen molar-refractivity contribution >= 4 is 17.2 Å². The topological polar surface area (TPSA) is 63.5 Å². The summed E-state index contributed by atoms with van der Waals surface area (Å²) in [6.07, 6.45) is 6.75. The molecule has 8 heteroatoms. The van der Waals surface area contributed by atoms with Crippen LogP contribution >= 0.6 is 0 Å². The summed E-state index contributed by atoms with van der Waals surface area (Å²) in [6.45, 7) is 7.46. The number of ether oxygens (including phenoxy) is 1. The first-order valence-corrected chi connectivity index (χ1v) is 8.76. The molecule has 0 radical (unpaired) electrons. The minimum Gasteiger partial charge on any atom is -0.472 e. The molecule has 1 aromatic heterocycles. The van der Waals surface area contributed by atoms with Gasteiger partial charge in [0.15, 0.2) is 11.7 Å². The lowest BCUT2D eigenvalue weighted by molar-refractivity contribution is -0.114. The molecule has 2 aromatic rings. The third-order valence-corrected chi connectivity index (χ3v) is 4.76. The summed E-state index contributed by atoms with van der Waals surface area (Å²) in [5, 5.41) is 7.73. The van der Waals surface area contributed by atoms with E-state index in [9.17, 15) is 9.18 Å². The van der Waals surface area contributed by atoms with Gasteiger partial charge >= 0.3 is 0 Å². The van der Waals surface area contributed by atoms with E-state index in [1.54, 1.807) is 34.2 Å². The van der Waals surface area contributed by atoms with Gasteiger partial charge in [0.25, 0.3) is 0 Å². The summed E-state index contributed by atoms with van der Waals surface area (Å²) in [7, 11) is 0. The Hall–Kier alpha value is -3.16. The van der Waals surface area contributed by atoms with Crippen LogP contribution in [-0.2, 0) is 16.1 Å². The van der Waals surface area contributed by atoms with Crippen LogP contribution in [0.15, 0.2) is 49.3 Å². The van der Waals surface area contributed by atoms with Crippen molar-refractivity contribution in [2.24, 2.45) is 0 Å². The Labute approximate surface area is 156 Å². The molecule has 1 saturated heterocycles. The molecular weight excluding hydrogens is 349 g/mol. The highest BCUT2D eigenvalue weighted by Crippen LogP contribution is 2.34. The van der Waals surface area contributed by atoms with Crippen molar-refractivity contribution in [3.05, 3.63) is 60.6 Å². The average molecular weight is 369 g/mol. The van der Waals surface area contributed by atoms with Crippen molar-refractivity contribution in [1.29, 1.82) is 0 Å². The zero-order valence-electron chi connectivity index (χ0n) is 15.0. The number of carbonyl (C=O) groups is 1. The monoisotopic (exact) mass is 369 g/mol. The van der Waals surface area contributed by atoms with Gasteiger partial charge in [0, 0.05) is 37.1 Å². The number of ketones is 1. The lowest BCUT2D eigenvalue weighted by atomic mass is 10.1. The van der Waals surface area contributed by atoms with E-state index in [1.165, 1.54) is 12.1 Å². The number of allylic oxidation sites excluding steroid dienone is 1. The molecule has 140 valence electrons. The number of halogens is 1. The van der Waals surface area contributed by atoms with Crippen LogP contribution in [0.2, 0.25) is 0 Å². The average Bonchev–Trinajstić information content (AvgIpc) is 3.27. The van der Waals surface area contributed by atoms with Crippen LogP contribution < -0.4 is 9.80 Å². The van der Waals surface area contributed by atoms with Crippen molar-refractivity contribution in [3.63, 3.8) is 0 Å². The highest BCUT2D eigenvalue weighted by atomic mass is 19.1. The van der Waals surface area contributed by atoms with Crippen molar-refractivity contribution < 1.29 is 13.9 Å². The molecule has 1 fully saturated rings. The highest BCUT2D eigenvalue weighted by Gasteiger charge is 2.30. The van der Waals surface area contributed by atoms with Crippen LogP contribution in [0, 0.1) is 12.7 Å². The molecule has 4 rings (SSSR count). The van der Waals surface area contributed by atoms with E-state index in [-0.39, 0.29) is 17.7 Å². The van der Waals surface area contributed by atoms with Crippen LogP contribution in [0.25, 0.3) is 0 Å². The van der Waals surface area contributed by atoms with Gasteiger partial charge in [-0.2, -0.15) is 0 Å². The zero-order valence-corrected chi connectivity index (χ0v) is 15.0. The molecule has 0 saturated carbocycles. The normalized spacial score (nSPS) is 19.7. The van der Waals surface area contributed by atoms with E-state index in [4.69, 9.17) is 4.74 Å². The smallest absolute Gasteiger partial charge is 0.186 e. The lowest BCUT2D eigenvalue weighted by Gasteiger charge is -2.26. The van der Waals surface area contributed by atoms with E-state index in [1.807, 2.05) is 11.8 Å². The van der Waals surface area contributed by atoms with Gasteiger partial charge in [0.2, 0.25) is 0 Å². The van der Waals surface area contributed by atoms with Crippen molar-refractivity contribution in [2.45, 2.75) is 26.0 Å². The summed E-state index contributed by atoms with van der Waals surface area (Å²) in [6, 6.07) is 3.30. The van der Waals surface area contributed by atoms with Gasteiger partial charge in [-0.15, -0.1) is 5.10 Å². The van der Waals surface area contributed by atoms with Gasteiger partial charge < -0.3 is 14.5 Å². The second kappa shape index (κ2) is 6.86. The number of nitrogens with zero attached hydrogens (tertiary/aromatic N) is 5. The largest absolute Gasteiger partial charge is 0.472 e. The van der Waals surface area contributed by atoms with Crippen LogP contribution in [0.5, 0.6) is 0 Å². The van der Waals surface area contributed by atoms with Crippen molar-refractivity contribution in [2.75, 3.05) is 22.9 Å². The molecular formula is C19H20FN5O2. The number of carbonyl (C=O) groups excluding carboxylic acids is 1. The molecule has 1 unspecified atom stereocenters. The second-order valence-electron chi connectivity index (χ2n) is 6.68. The Morgan fingerprint density at radius 2 is 2.22 bits per heavy atom. The van der Waals surface area contributed by atoms with Gasteiger partial charge in [-0.05, 0) is 31.2 Å². The molecule has 1 atom stereocenters. The molecule has 7 nitrogen and oxygen atoms in total. The number of hydrogen-bond acceptors (Lipinski definition) is 6. The molecule has 0 bridgehead atoms. The van der Waals surface area contributed by atoms with Gasteiger partial charge in [-0.25, -0.2) is 9.07 Å². The van der Waals surface area contributed by atoms with Crippen molar-refractivity contribution in [1.82, 2.24) is 15.0 Å². The fourth-order valence-corrected chi connectivity index (χ4v) is 3.39. The number of aromatic nitrogens is 3. The SMILES string of the molecule is C=C1OC(Cn2ccnn2)CN1c1cc(F)c(N2C=CC(=O)CC2)cc1C. The Bertz CT molecular complexity index is 909. The molecule has 0 spiro atoms. The van der Waals surface area contributed by atoms with Crippen LogP contribution in [0.3, 0.4) is 0 Å². The Balaban J connectivity index is 1.55. The zero-order chi connectivity index (χ0) is 19.0. The molecule has 3 heterocycles. The maximum absolute atomic E-state index is 14.8. The van der Waals surface area contributed by atoms with Gasteiger partial charge in [0.05, 0.1) is 25.0 Å². The van der Waals surface area contributed by atoms with Crippen LogP contribution in [-0.4, -0.2) is 40.0 Å². The quantitative estimate of drug-likeness (QED) is 0.825. The minimum absolute atomic E-state index is 0.0592. The van der Waals surface area contributed by atoms with Gasteiger partial charge in [-0.1, -0.05) is 5.21 Å². The molecule has 0 N–H and O–H groups in total. The summed E-state index contributed by atoms with van der Waals surface area (Å²) in [5.74, 6) is 0.199. The molecule has 2 aliphatic rings. The van der Waals surface area contributed by atoms with Crippen LogP contribution in [0.1, 0.15) is 12.0 Å². The van der Waals surface area contributed by atoms with E-state index >= 15 is 0 Å². The van der Waals surface area contributed by atoms with Gasteiger partial charge in [-0.3, -0.25) is 4.79 Å². The number of rotatable bonds is 4. The maximum atomic E-state index is 14.8. The summed E-state index contributed by atoms with van der Waals surface area (Å²) >= 11 is 0. The number of benzene rings is 1. The fourth-order valence-electron chi connectivity index (χ4n) is 3.39. The van der Waals surface area contributed by atoms with E-state index < -0.39 is 0 Å². The second-order valence-corrected chi connectivity index (χ2v) is 6.68. The number of aryl methyl sites for hydroxylation is 1. The van der Waals surface area contributed by atoms with Gasteiger partial charge in [0.1, 0.15) is 11.9 Å².